The third-order valence-electron chi connectivity index (χ3n) is 3.39. The van der Waals surface area contributed by atoms with Crippen molar-refractivity contribution in [2.45, 2.75) is 26.0 Å². The predicted octanol–water partition coefficient (Wildman–Crippen LogP) is 1.76. The van der Waals surface area contributed by atoms with Crippen LogP contribution in [0.5, 0.6) is 5.75 Å². The van der Waals surface area contributed by atoms with Crippen molar-refractivity contribution < 1.29 is 9.53 Å². The van der Waals surface area contributed by atoms with E-state index in [1.165, 1.54) is 0 Å². The average Bonchev–Trinajstić information content (AvgIpc) is 2.91. The van der Waals surface area contributed by atoms with E-state index in [0.29, 0.717) is 18.7 Å². The number of nitrogens with zero attached hydrogens (tertiary/aromatic N) is 4. The number of ether oxygens (including phenoxy) is 1. The van der Waals surface area contributed by atoms with Gasteiger partial charge in [-0.15, -0.1) is 0 Å². The van der Waals surface area contributed by atoms with Gasteiger partial charge in [0.1, 0.15) is 11.8 Å². The van der Waals surface area contributed by atoms with Crippen LogP contribution < -0.4 is 4.74 Å². The van der Waals surface area contributed by atoms with Gasteiger partial charge < -0.3 is 9.64 Å². The molecule has 1 saturated heterocycles. The Labute approximate surface area is 123 Å². The van der Waals surface area contributed by atoms with Crippen LogP contribution in [0.25, 0.3) is 0 Å². The van der Waals surface area contributed by atoms with Crippen LogP contribution in [0.2, 0.25) is 0 Å². The van der Waals surface area contributed by atoms with Crippen molar-refractivity contribution >= 4 is 5.91 Å². The summed E-state index contributed by atoms with van der Waals surface area (Å²) in [5.41, 5.74) is 0.679. The Balaban J connectivity index is 1.59. The molecule has 6 nitrogen and oxygen atoms in total. The molecule has 0 unspecified atom stereocenters. The SMILES string of the molecule is CC(C)Oc1ccc(C(=O)N2CC(n3nccn3)C2)cc1. The number of carbonyl (C=O) groups excluding carboxylic acids is 1. The summed E-state index contributed by atoms with van der Waals surface area (Å²) < 4.78 is 5.57. The van der Waals surface area contributed by atoms with Crippen LogP contribution >= 0.6 is 0 Å². The van der Waals surface area contributed by atoms with Crippen LogP contribution in [-0.2, 0) is 0 Å². The smallest absolute Gasteiger partial charge is 0.254 e. The maximum atomic E-state index is 12.3. The second kappa shape index (κ2) is 5.55. The fourth-order valence-electron chi connectivity index (χ4n) is 2.31. The van der Waals surface area contributed by atoms with Gasteiger partial charge in [0.15, 0.2) is 0 Å². The quantitative estimate of drug-likeness (QED) is 0.859. The predicted molar refractivity (Wildman–Crippen MR) is 77.2 cm³/mol. The van der Waals surface area contributed by atoms with Crippen LogP contribution in [0, 0.1) is 0 Å². The number of benzene rings is 1. The van der Waals surface area contributed by atoms with Crippen molar-refractivity contribution in [3.8, 4) is 5.75 Å². The molecule has 2 aromatic rings. The van der Waals surface area contributed by atoms with Crippen molar-refractivity contribution in [1.29, 1.82) is 0 Å². The molecule has 2 heterocycles. The lowest BCUT2D eigenvalue weighted by atomic mass is 10.1. The highest BCUT2D eigenvalue weighted by Crippen LogP contribution is 2.22. The summed E-state index contributed by atoms with van der Waals surface area (Å²) in [6.45, 7) is 5.25. The fourth-order valence-corrected chi connectivity index (χ4v) is 2.31. The first-order chi connectivity index (χ1) is 10.1. The lowest BCUT2D eigenvalue weighted by molar-refractivity contribution is 0.0476. The second-order valence-electron chi connectivity index (χ2n) is 5.40. The van der Waals surface area contributed by atoms with E-state index in [9.17, 15) is 4.79 Å². The van der Waals surface area contributed by atoms with Crippen molar-refractivity contribution in [1.82, 2.24) is 19.9 Å². The number of amides is 1. The number of rotatable bonds is 4. The molecule has 110 valence electrons. The molecule has 0 N–H and O–H groups in total. The van der Waals surface area contributed by atoms with Crippen LogP contribution in [-0.4, -0.2) is 45.0 Å². The Bertz CT molecular complexity index is 601. The van der Waals surface area contributed by atoms with E-state index in [0.717, 1.165) is 5.75 Å². The van der Waals surface area contributed by atoms with Gasteiger partial charge >= 0.3 is 0 Å². The first-order valence-corrected chi connectivity index (χ1v) is 7.05. The van der Waals surface area contributed by atoms with Gasteiger partial charge in [-0.05, 0) is 38.1 Å². The molecule has 1 aliphatic heterocycles. The monoisotopic (exact) mass is 286 g/mol. The number of hydrogen-bond donors (Lipinski definition) is 0. The zero-order chi connectivity index (χ0) is 14.8. The summed E-state index contributed by atoms with van der Waals surface area (Å²) in [7, 11) is 0. The largest absolute Gasteiger partial charge is 0.491 e. The van der Waals surface area contributed by atoms with Gasteiger partial charge in [-0.1, -0.05) is 0 Å². The van der Waals surface area contributed by atoms with Crippen LogP contribution in [0.1, 0.15) is 30.2 Å². The topological polar surface area (TPSA) is 60.2 Å². The third-order valence-corrected chi connectivity index (χ3v) is 3.39. The van der Waals surface area contributed by atoms with Gasteiger partial charge in [-0.3, -0.25) is 4.79 Å². The Morgan fingerprint density at radius 1 is 1.19 bits per heavy atom. The Hall–Kier alpha value is -2.37. The van der Waals surface area contributed by atoms with Gasteiger partial charge in [-0.25, -0.2) is 0 Å². The molecule has 6 heteroatoms. The zero-order valence-electron chi connectivity index (χ0n) is 12.1. The molecule has 3 rings (SSSR count). The summed E-state index contributed by atoms with van der Waals surface area (Å²) in [6.07, 6.45) is 3.43. The van der Waals surface area contributed by atoms with E-state index < -0.39 is 0 Å². The minimum Gasteiger partial charge on any atom is -0.491 e. The Morgan fingerprint density at radius 3 is 2.38 bits per heavy atom. The third kappa shape index (κ3) is 2.89. The highest BCUT2D eigenvalue weighted by Gasteiger charge is 2.33. The molecular weight excluding hydrogens is 268 g/mol. The van der Waals surface area contributed by atoms with Crippen LogP contribution in [0.3, 0.4) is 0 Å². The van der Waals surface area contributed by atoms with Crippen molar-refractivity contribution in [3.05, 3.63) is 42.2 Å². The van der Waals surface area contributed by atoms with Crippen LogP contribution in [0.4, 0.5) is 0 Å². The maximum absolute atomic E-state index is 12.3. The Kier molecular flexibility index (Phi) is 3.60. The van der Waals surface area contributed by atoms with E-state index in [-0.39, 0.29) is 18.1 Å². The van der Waals surface area contributed by atoms with Crippen molar-refractivity contribution in [2.75, 3.05) is 13.1 Å². The van der Waals surface area contributed by atoms with E-state index in [4.69, 9.17) is 4.74 Å². The Morgan fingerprint density at radius 2 is 1.81 bits per heavy atom. The van der Waals surface area contributed by atoms with Gasteiger partial charge in [0.05, 0.1) is 18.5 Å². The molecule has 0 radical (unpaired) electrons. The molecule has 0 atom stereocenters. The normalized spacial score (nSPS) is 15.1. The summed E-state index contributed by atoms with van der Waals surface area (Å²) in [6, 6.07) is 7.46. The molecule has 1 aliphatic rings. The highest BCUT2D eigenvalue weighted by molar-refractivity contribution is 5.94. The molecule has 0 aliphatic carbocycles. The van der Waals surface area contributed by atoms with Gasteiger partial charge in [0.25, 0.3) is 5.91 Å². The summed E-state index contributed by atoms with van der Waals surface area (Å²) in [4.78, 5) is 15.8. The summed E-state index contributed by atoms with van der Waals surface area (Å²) >= 11 is 0. The number of likely N-dealkylation sites (tertiary alicyclic amines) is 1. The van der Waals surface area contributed by atoms with Crippen molar-refractivity contribution in [2.24, 2.45) is 0 Å². The number of carbonyl (C=O) groups is 1. The molecule has 0 saturated carbocycles. The lowest BCUT2D eigenvalue weighted by Crippen LogP contribution is -2.51. The molecule has 0 spiro atoms. The summed E-state index contributed by atoms with van der Waals surface area (Å²) in [5, 5.41) is 8.19. The second-order valence-corrected chi connectivity index (χ2v) is 5.40. The van der Waals surface area contributed by atoms with E-state index in [1.54, 1.807) is 34.2 Å². The first kappa shape index (κ1) is 13.6. The molecular formula is C15H18N4O2. The van der Waals surface area contributed by atoms with E-state index >= 15 is 0 Å². The van der Waals surface area contributed by atoms with Gasteiger partial charge in [0, 0.05) is 18.7 Å². The minimum atomic E-state index is 0.0366. The molecule has 0 bridgehead atoms. The fraction of sp³-hybridized carbons (Fsp3) is 0.400. The van der Waals surface area contributed by atoms with Gasteiger partial charge in [-0.2, -0.15) is 15.0 Å². The zero-order valence-corrected chi connectivity index (χ0v) is 12.1. The van der Waals surface area contributed by atoms with E-state index in [1.807, 2.05) is 26.0 Å². The molecule has 1 aromatic carbocycles. The van der Waals surface area contributed by atoms with Gasteiger partial charge in [0.2, 0.25) is 0 Å². The average molecular weight is 286 g/mol. The van der Waals surface area contributed by atoms with Crippen molar-refractivity contribution in [3.63, 3.8) is 0 Å². The maximum Gasteiger partial charge on any atom is 0.254 e. The first-order valence-electron chi connectivity index (χ1n) is 7.05. The van der Waals surface area contributed by atoms with Crippen LogP contribution in [0.15, 0.2) is 36.7 Å². The highest BCUT2D eigenvalue weighted by atomic mass is 16.5. The lowest BCUT2D eigenvalue weighted by Gasteiger charge is -2.38. The number of hydrogen-bond acceptors (Lipinski definition) is 4. The molecule has 21 heavy (non-hydrogen) atoms. The molecule has 1 aromatic heterocycles. The number of aromatic nitrogens is 3. The minimum absolute atomic E-state index is 0.0366. The molecule has 1 fully saturated rings. The molecule has 1 amide bonds. The standard InChI is InChI=1S/C15H18N4O2/c1-11(2)21-14-5-3-12(4-6-14)15(20)18-9-13(10-18)19-16-7-8-17-19/h3-8,11,13H,9-10H2,1-2H3. The van der Waals surface area contributed by atoms with E-state index in [2.05, 4.69) is 10.2 Å². The summed E-state index contributed by atoms with van der Waals surface area (Å²) in [5.74, 6) is 0.818.